The monoisotopic (exact) mass is 305 g/mol. The molecule has 0 unspecified atom stereocenters. The normalized spacial score (nSPS) is 18.4. The van der Waals surface area contributed by atoms with Crippen LogP contribution in [0.25, 0.3) is 0 Å². The van der Waals surface area contributed by atoms with Crippen LogP contribution in [-0.2, 0) is 0 Å². The van der Waals surface area contributed by atoms with Crippen LogP contribution in [0.1, 0.15) is 23.2 Å². The number of halogens is 3. The van der Waals surface area contributed by atoms with Gasteiger partial charge in [-0.2, -0.15) is 0 Å². The van der Waals surface area contributed by atoms with Crippen LogP contribution >= 0.6 is 23.2 Å². The van der Waals surface area contributed by atoms with Crippen LogP contribution in [-0.4, -0.2) is 41.3 Å². The lowest BCUT2D eigenvalue weighted by molar-refractivity contribution is 0.00992. The summed E-state index contributed by atoms with van der Waals surface area (Å²) in [6.07, 6.45) is 0.299. The van der Waals surface area contributed by atoms with Crippen molar-refractivity contribution in [3.05, 3.63) is 33.8 Å². The summed E-state index contributed by atoms with van der Waals surface area (Å²) in [5, 5.41) is 9.66. The zero-order chi connectivity index (χ0) is 14.0. The van der Waals surface area contributed by atoms with Crippen LogP contribution < -0.4 is 0 Å². The van der Waals surface area contributed by atoms with E-state index in [2.05, 4.69) is 0 Å². The lowest BCUT2D eigenvalue weighted by Gasteiger charge is -2.35. The number of aliphatic hydroxyl groups is 1. The van der Waals surface area contributed by atoms with E-state index in [9.17, 15) is 9.18 Å². The molecule has 0 aromatic heterocycles. The van der Waals surface area contributed by atoms with Crippen LogP contribution in [0.15, 0.2) is 18.2 Å². The number of nitrogens with zero attached hydrogens (tertiary/aromatic N) is 1. The van der Waals surface area contributed by atoms with Crippen molar-refractivity contribution in [2.75, 3.05) is 19.7 Å². The Kier molecular flexibility index (Phi) is 4.33. The Hall–Kier alpha value is -0.840. The molecule has 0 radical (unpaired) electrons. The van der Waals surface area contributed by atoms with Gasteiger partial charge in [-0.1, -0.05) is 23.2 Å². The second-order valence-corrected chi connectivity index (χ2v) is 5.54. The Morgan fingerprint density at radius 3 is 2.47 bits per heavy atom. The van der Waals surface area contributed by atoms with E-state index in [-0.39, 0.29) is 31.8 Å². The highest BCUT2D eigenvalue weighted by molar-refractivity contribution is 6.42. The van der Waals surface area contributed by atoms with Crippen LogP contribution in [0.4, 0.5) is 4.39 Å². The highest BCUT2D eigenvalue weighted by atomic mass is 35.5. The van der Waals surface area contributed by atoms with Gasteiger partial charge in [-0.05, 0) is 18.2 Å². The van der Waals surface area contributed by atoms with E-state index in [1.54, 1.807) is 17.0 Å². The number of hydrogen-bond acceptors (Lipinski definition) is 2. The summed E-state index contributed by atoms with van der Waals surface area (Å²) < 4.78 is 13.8. The van der Waals surface area contributed by atoms with Gasteiger partial charge in [-0.15, -0.1) is 0 Å². The van der Waals surface area contributed by atoms with E-state index in [1.807, 2.05) is 0 Å². The summed E-state index contributed by atoms with van der Waals surface area (Å²) in [5.41, 5.74) is -1.13. The van der Waals surface area contributed by atoms with E-state index in [0.717, 1.165) is 0 Å². The van der Waals surface area contributed by atoms with Crippen LogP contribution in [0.3, 0.4) is 0 Å². The summed E-state index contributed by atoms with van der Waals surface area (Å²) in [4.78, 5) is 13.8. The smallest absolute Gasteiger partial charge is 0.253 e. The first kappa shape index (κ1) is 14.6. The number of aliphatic hydroxyl groups excluding tert-OH is 1. The fraction of sp³-hybridized carbons (Fsp3) is 0.462. The Labute approximate surface area is 120 Å². The van der Waals surface area contributed by atoms with Crippen molar-refractivity contribution in [1.82, 2.24) is 4.90 Å². The minimum atomic E-state index is -1.56. The van der Waals surface area contributed by atoms with Crippen molar-refractivity contribution in [1.29, 1.82) is 0 Å². The fourth-order valence-electron chi connectivity index (χ4n) is 2.08. The molecule has 1 aromatic carbocycles. The summed E-state index contributed by atoms with van der Waals surface area (Å²) in [5.74, 6) is -0.196. The van der Waals surface area contributed by atoms with Gasteiger partial charge in [0.1, 0.15) is 5.67 Å². The predicted molar refractivity (Wildman–Crippen MR) is 72.5 cm³/mol. The molecule has 19 heavy (non-hydrogen) atoms. The first-order valence-electron chi connectivity index (χ1n) is 5.99. The molecule has 0 atom stereocenters. The van der Waals surface area contributed by atoms with E-state index >= 15 is 0 Å². The number of piperidine rings is 1. The lowest BCUT2D eigenvalue weighted by atomic mass is 9.94. The lowest BCUT2D eigenvalue weighted by Crippen LogP contribution is -2.46. The molecule has 1 N–H and O–H groups in total. The Bertz CT molecular complexity index is 488. The maximum absolute atomic E-state index is 13.8. The van der Waals surface area contributed by atoms with E-state index < -0.39 is 12.3 Å². The summed E-state index contributed by atoms with van der Waals surface area (Å²) >= 11 is 11.7. The van der Waals surface area contributed by atoms with Crippen molar-refractivity contribution >= 4 is 29.1 Å². The SMILES string of the molecule is O=C(c1ccc(Cl)c(Cl)c1)N1CCC(F)(CO)CC1. The molecular weight excluding hydrogens is 292 g/mol. The third-order valence-corrected chi connectivity index (χ3v) is 4.14. The number of amides is 1. The van der Waals surface area contributed by atoms with Gasteiger partial charge in [-0.3, -0.25) is 4.79 Å². The van der Waals surface area contributed by atoms with E-state index in [4.69, 9.17) is 28.3 Å². The van der Waals surface area contributed by atoms with Crippen LogP contribution in [0.5, 0.6) is 0 Å². The third-order valence-electron chi connectivity index (χ3n) is 3.40. The molecule has 1 aliphatic heterocycles. The van der Waals surface area contributed by atoms with Crippen LogP contribution in [0, 0.1) is 0 Å². The highest BCUT2D eigenvalue weighted by Crippen LogP contribution is 2.28. The Morgan fingerprint density at radius 1 is 1.32 bits per heavy atom. The second kappa shape index (κ2) is 5.65. The zero-order valence-corrected chi connectivity index (χ0v) is 11.7. The number of likely N-dealkylation sites (tertiary alicyclic amines) is 1. The third kappa shape index (κ3) is 3.19. The van der Waals surface area contributed by atoms with Crippen LogP contribution in [0.2, 0.25) is 10.0 Å². The molecule has 1 fully saturated rings. The molecule has 6 heteroatoms. The van der Waals surface area contributed by atoms with E-state index in [0.29, 0.717) is 15.6 Å². The van der Waals surface area contributed by atoms with E-state index in [1.165, 1.54) is 6.07 Å². The summed E-state index contributed by atoms with van der Waals surface area (Å²) in [6, 6.07) is 4.67. The number of benzene rings is 1. The van der Waals surface area contributed by atoms with Gasteiger partial charge in [0.25, 0.3) is 5.91 Å². The molecular formula is C13H14Cl2FNO2. The van der Waals surface area contributed by atoms with Crippen molar-refractivity contribution in [2.24, 2.45) is 0 Å². The molecule has 104 valence electrons. The van der Waals surface area contributed by atoms with Crippen molar-refractivity contribution < 1.29 is 14.3 Å². The van der Waals surface area contributed by atoms with Gasteiger partial charge in [0.2, 0.25) is 0 Å². The van der Waals surface area contributed by atoms with Crippen molar-refractivity contribution in [3.8, 4) is 0 Å². The molecule has 0 saturated carbocycles. The second-order valence-electron chi connectivity index (χ2n) is 4.73. The molecule has 0 aliphatic carbocycles. The molecule has 1 amide bonds. The average molecular weight is 306 g/mol. The highest BCUT2D eigenvalue weighted by Gasteiger charge is 2.35. The fourth-order valence-corrected chi connectivity index (χ4v) is 2.38. The minimum absolute atomic E-state index is 0.149. The quantitative estimate of drug-likeness (QED) is 0.912. The maximum atomic E-state index is 13.8. The number of carbonyl (C=O) groups is 1. The molecule has 0 spiro atoms. The standard InChI is InChI=1S/C13H14Cl2FNO2/c14-10-2-1-9(7-11(10)15)12(19)17-5-3-13(16,8-18)4-6-17/h1-2,7,18H,3-6,8H2. The van der Waals surface area contributed by atoms with Crippen molar-refractivity contribution in [2.45, 2.75) is 18.5 Å². The molecule has 1 aliphatic rings. The maximum Gasteiger partial charge on any atom is 0.253 e. The van der Waals surface area contributed by atoms with Gasteiger partial charge in [0.05, 0.1) is 16.7 Å². The Morgan fingerprint density at radius 2 is 1.95 bits per heavy atom. The number of alkyl halides is 1. The largest absolute Gasteiger partial charge is 0.393 e. The molecule has 0 bridgehead atoms. The summed E-state index contributed by atoms with van der Waals surface area (Å²) in [7, 11) is 0. The van der Waals surface area contributed by atoms with Gasteiger partial charge in [-0.25, -0.2) is 4.39 Å². The molecule has 1 aromatic rings. The van der Waals surface area contributed by atoms with Crippen molar-refractivity contribution in [3.63, 3.8) is 0 Å². The first-order valence-corrected chi connectivity index (χ1v) is 6.75. The predicted octanol–water partition coefficient (Wildman–Crippen LogP) is 2.93. The van der Waals surface area contributed by atoms with Gasteiger partial charge in [0.15, 0.2) is 0 Å². The Balaban J connectivity index is 2.07. The number of carbonyl (C=O) groups excluding carboxylic acids is 1. The molecule has 2 rings (SSSR count). The van der Waals surface area contributed by atoms with Gasteiger partial charge >= 0.3 is 0 Å². The summed E-state index contributed by atoms with van der Waals surface area (Å²) in [6.45, 7) is 0.0775. The minimum Gasteiger partial charge on any atom is -0.393 e. The number of rotatable bonds is 2. The number of hydrogen-bond donors (Lipinski definition) is 1. The van der Waals surface area contributed by atoms with Gasteiger partial charge < -0.3 is 10.0 Å². The molecule has 1 heterocycles. The molecule has 1 saturated heterocycles. The topological polar surface area (TPSA) is 40.5 Å². The zero-order valence-electron chi connectivity index (χ0n) is 10.2. The van der Waals surface area contributed by atoms with Gasteiger partial charge in [0, 0.05) is 31.5 Å². The molecule has 3 nitrogen and oxygen atoms in total. The average Bonchev–Trinajstić information content (AvgIpc) is 2.42. The first-order chi connectivity index (χ1) is 8.95.